The van der Waals surface area contributed by atoms with Crippen molar-refractivity contribution < 1.29 is 17.9 Å². The van der Waals surface area contributed by atoms with Crippen LogP contribution in [-0.4, -0.2) is 29.2 Å². The molecule has 0 radical (unpaired) electrons. The molecule has 0 aliphatic carbocycles. The lowest BCUT2D eigenvalue weighted by atomic mass is 10.2. The summed E-state index contributed by atoms with van der Waals surface area (Å²) in [5.41, 5.74) is 0.531. The lowest BCUT2D eigenvalue weighted by molar-refractivity contribution is 0.355. The van der Waals surface area contributed by atoms with Gasteiger partial charge in [0.2, 0.25) is 0 Å². The van der Waals surface area contributed by atoms with Gasteiger partial charge in [0, 0.05) is 12.6 Å². The summed E-state index contributed by atoms with van der Waals surface area (Å²) in [6.07, 6.45) is 0. The molecule has 6 heteroatoms. The van der Waals surface area contributed by atoms with Crippen molar-refractivity contribution in [2.75, 3.05) is 25.1 Å². The first-order valence-corrected chi connectivity index (χ1v) is 8.28. The Kier molecular flexibility index (Phi) is 4.92. The predicted molar refractivity (Wildman–Crippen MR) is 86.2 cm³/mol. The number of hydrogen-bond donors (Lipinski definition) is 0. The molecule has 118 valence electrons. The molecule has 2 aromatic carbocycles. The maximum absolute atomic E-state index is 12.8. The SMILES string of the molecule is CCN(c1ccc(OC)c(OC)c1)S(=O)(=O)c1ccccc1. The molecule has 0 N–H and O–H groups in total. The number of hydrogen-bond acceptors (Lipinski definition) is 4. The molecule has 22 heavy (non-hydrogen) atoms. The Bertz CT molecular complexity index is 729. The van der Waals surface area contributed by atoms with Crippen molar-refractivity contribution in [1.29, 1.82) is 0 Å². The third kappa shape index (κ3) is 3.01. The fourth-order valence-electron chi connectivity index (χ4n) is 2.19. The zero-order chi connectivity index (χ0) is 16.2. The standard InChI is InChI=1S/C16H19NO4S/c1-4-17(22(18,19)14-8-6-5-7-9-14)13-10-11-15(20-2)16(12-13)21-3/h5-12H,4H2,1-3H3. The second kappa shape index (κ2) is 6.70. The lowest BCUT2D eigenvalue weighted by Crippen LogP contribution is -2.30. The van der Waals surface area contributed by atoms with Crippen LogP contribution in [0, 0.1) is 0 Å². The zero-order valence-electron chi connectivity index (χ0n) is 12.8. The maximum Gasteiger partial charge on any atom is 0.264 e. The highest BCUT2D eigenvalue weighted by molar-refractivity contribution is 7.92. The van der Waals surface area contributed by atoms with Gasteiger partial charge in [-0.2, -0.15) is 0 Å². The number of nitrogens with zero attached hydrogens (tertiary/aromatic N) is 1. The van der Waals surface area contributed by atoms with Gasteiger partial charge in [-0.3, -0.25) is 4.31 Å². The van der Waals surface area contributed by atoms with Crippen molar-refractivity contribution in [3.8, 4) is 11.5 Å². The largest absolute Gasteiger partial charge is 0.493 e. The highest BCUT2D eigenvalue weighted by Gasteiger charge is 2.24. The van der Waals surface area contributed by atoms with E-state index in [0.29, 0.717) is 23.7 Å². The van der Waals surface area contributed by atoms with Gasteiger partial charge in [-0.1, -0.05) is 18.2 Å². The number of benzene rings is 2. The zero-order valence-corrected chi connectivity index (χ0v) is 13.6. The van der Waals surface area contributed by atoms with E-state index in [1.165, 1.54) is 18.5 Å². The summed E-state index contributed by atoms with van der Waals surface area (Å²) in [4.78, 5) is 0.256. The average Bonchev–Trinajstić information content (AvgIpc) is 2.56. The molecular formula is C16H19NO4S. The van der Waals surface area contributed by atoms with Crippen molar-refractivity contribution in [2.24, 2.45) is 0 Å². The fraction of sp³-hybridized carbons (Fsp3) is 0.250. The monoisotopic (exact) mass is 321 g/mol. The Hall–Kier alpha value is -2.21. The van der Waals surface area contributed by atoms with E-state index in [1.807, 2.05) is 0 Å². The van der Waals surface area contributed by atoms with Crippen molar-refractivity contribution in [3.63, 3.8) is 0 Å². The Labute approximate surface area is 131 Å². The summed E-state index contributed by atoms with van der Waals surface area (Å²) in [7, 11) is -0.557. The van der Waals surface area contributed by atoms with E-state index in [-0.39, 0.29) is 4.90 Å². The van der Waals surface area contributed by atoms with Crippen molar-refractivity contribution >= 4 is 15.7 Å². The molecule has 0 spiro atoms. The summed E-state index contributed by atoms with van der Waals surface area (Å²) in [5, 5.41) is 0. The van der Waals surface area contributed by atoms with Gasteiger partial charge in [0.05, 0.1) is 24.8 Å². The summed E-state index contributed by atoms with van der Waals surface area (Å²) in [6, 6.07) is 13.4. The van der Waals surface area contributed by atoms with Crippen LogP contribution in [0.2, 0.25) is 0 Å². The Morgan fingerprint density at radius 2 is 1.59 bits per heavy atom. The van der Waals surface area contributed by atoms with Crippen LogP contribution in [0.5, 0.6) is 11.5 Å². The van der Waals surface area contributed by atoms with Crippen LogP contribution in [0.25, 0.3) is 0 Å². The van der Waals surface area contributed by atoms with Crippen molar-refractivity contribution in [1.82, 2.24) is 0 Å². The highest BCUT2D eigenvalue weighted by Crippen LogP contribution is 2.33. The summed E-state index contributed by atoms with van der Waals surface area (Å²) in [6.45, 7) is 2.10. The van der Waals surface area contributed by atoms with Crippen LogP contribution >= 0.6 is 0 Å². The molecule has 0 fully saturated rings. The summed E-state index contributed by atoms with van der Waals surface area (Å²) < 4.78 is 37.3. The van der Waals surface area contributed by atoms with Gasteiger partial charge in [0.25, 0.3) is 10.0 Å². The van der Waals surface area contributed by atoms with E-state index in [4.69, 9.17) is 9.47 Å². The minimum atomic E-state index is -3.61. The minimum absolute atomic E-state index is 0.256. The van der Waals surface area contributed by atoms with Gasteiger partial charge in [-0.05, 0) is 31.2 Å². The second-order valence-electron chi connectivity index (χ2n) is 4.52. The average molecular weight is 321 g/mol. The second-order valence-corrected chi connectivity index (χ2v) is 6.38. The van der Waals surface area contributed by atoms with Crippen LogP contribution in [-0.2, 0) is 10.0 Å². The Balaban J connectivity index is 2.49. The maximum atomic E-state index is 12.8. The van der Waals surface area contributed by atoms with Crippen LogP contribution < -0.4 is 13.8 Å². The number of anilines is 1. The summed E-state index contributed by atoms with van der Waals surface area (Å²) in [5.74, 6) is 1.04. The number of sulfonamides is 1. The molecule has 0 unspecified atom stereocenters. The molecule has 0 aromatic heterocycles. The van der Waals surface area contributed by atoms with Gasteiger partial charge in [0.15, 0.2) is 11.5 Å². The Morgan fingerprint density at radius 1 is 0.955 bits per heavy atom. The lowest BCUT2D eigenvalue weighted by Gasteiger charge is -2.23. The number of methoxy groups -OCH3 is 2. The normalized spacial score (nSPS) is 11.0. The van der Waals surface area contributed by atoms with Gasteiger partial charge in [-0.25, -0.2) is 8.42 Å². The van der Waals surface area contributed by atoms with Gasteiger partial charge >= 0.3 is 0 Å². The van der Waals surface area contributed by atoms with E-state index < -0.39 is 10.0 Å². The van der Waals surface area contributed by atoms with E-state index in [1.54, 1.807) is 55.5 Å². The minimum Gasteiger partial charge on any atom is -0.493 e. The number of ether oxygens (including phenoxy) is 2. The quantitative estimate of drug-likeness (QED) is 0.821. The smallest absolute Gasteiger partial charge is 0.264 e. The molecule has 0 amide bonds. The highest BCUT2D eigenvalue weighted by atomic mass is 32.2. The van der Waals surface area contributed by atoms with Crippen molar-refractivity contribution in [3.05, 3.63) is 48.5 Å². The van der Waals surface area contributed by atoms with Crippen LogP contribution in [0.4, 0.5) is 5.69 Å². The first-order valence-electron chi connectivity index (χ1n) is 6.84. The third-order valence-corrected chi connectivity index (χ3v) is 5.19. The van der Waals surface area contributed by atoms with E-state index in [9.17, 15) is 8.42 Å². The van der Waals surface area contributed by atoms with E-state index in [2.05, 4.69) is 0 Å². The molecule has 0 bridgehead atoms. The molecule has 2 aromatic rings. The van der Waals surface area contributed by atoms with Crippen LogP contribution in [0.3, 0.4) is 0 Å². The molecule has 2 rings (SSSR count). The summed E-state index contributed by atoms with van der Waals surface area (Å²) >= 11 is 0. The number of rotatable bonds is 6. The van der Waals surface area contributed by atoms with Crippen LogP contribution in [0.15, 0.2) is 53.4 Å². The third-order valence-electron chi connectivity index (χ3n) is 3.27. The molecule has 0 atom stereocenters. The van der Waals surface area contributed by atoms with E-state index in [0.717, 1.165) is 0 Å². The molecule has 0 aliphatic heterocycles. The molecule has 0 aliphatic rings. The van der Waals surface area contributed by atoms with E-state index >= 15 is 0 Å². The van der Waals surface area contributed by atoms with Gasteiger partial charge in [-0.15, -0.1) is 0 Å². The molecular weight excluding hydrogens is 302 g/mol. The molecule has 0 saturated carbocycles. The van der Waals surface area contributed by atoms with Gasteiger partial charge in [0.1, 0.15) is 0 Å². The first-order chi connectivity index (χ1) is 10.5. The predicted octanol–water partition coefficient (Wildman–Crippen LogP) is 2.92. The topological polar surface area (TPSA) is 55.8 Å². The first kappa shape index (κ1) is 16.2. The molecule has 5 nitrogen and oxygen atoms in total. The fourth-order valence-corrected chi connectivity index (χ4v) is 3.68. The van der Waals surface area contributed by atoms with Gasteiger partial charge < -0.3 is 9.47 Å². The molecule has 0 saturated heterocycles. The van der Waals surface area contributed by atoms with Crippen molar-refractivity contribution in [2.45, 2.75) is 11.8 Å². The Morgan fingerprint density at radius 3 is 2.14 bits per heavy atom. The van der Waals surface area contributed by atoms with Crippen LogP contribution in [0.1, 0.15) is 6.92 Å². The molecule has 0 heterocycles.